The van der Waals surface area contributed by atoms with Gasteiger partial charge in [0, 0.05) is 53.4 Å². The van der Waals surface area contributed by atoms with Crippen LogP contribution in [0.5, 0.6) is 0 Å². The van der Waals surface area contributed by atoms with Crippen molar-refractivity contribution >= 4 is 50.3 Å². The van der Waals surface area contributed by atoms with Gasteiger partial charge in [0.15, 0.2) is 5.82 Å². The Balaban J connectivity index is 1.25. The molecule has 1 aromatic carbocycles. The molecule has 0 atom stereocenters. The van der Waals surface area contributed by atoms with E-state index in [0.29, 0.717) is 29.2 Å². The van der Waals surface area contributed by atoms with Gasteiger partial charge in [-0.05, 0) is 41.5 Å². The maximum Gasteiger partial charge on any atom is 0.156 e. The lowest BCUT2D eigenvalue weighted by molar-refractivity contribution is 1.05. The van der Waals surface area contributed by atoms with Crippen LogP contribution in [0.15, 0.2) is 61.2 Å². The molecule has 34 heavy (non-hydrogen) atoms. The number of anilines is 1. The van der Waals surface area contributed by atoms with Crippen molar-refractivity contribution in [3.05, 3.63) is 88.6 Å². The summed E-state index contributed by atoms with van der Waals surface area (Å²) in [5, 5.41) is 23.5. The van der Waals surface area contributed by atoms with Gasteiger partial charge in [-0.25, -0.2) is 4.98 Å². The Labute approximate surface area is 198 Å². The molecule has 0 fully saturated rings. The molecule has 5 heterocycles. The number of rotatable bonds is 5. The number of halogens is 1. The largest absolute Gasteiger partial charge is 0.364 e. The van der Waals surface area contributed by atoms with Gasteiger partial charge < -0.3 is 10.3 Å². The minimum atomic E-state index is 0.523. The van der Waals surface area contributed by atoms with Gasteiger partial charge in [-0.15, -0.1) is 0 Å². The third kappa shape index (κ3) is 3.68. The average molecular weight is 465 g/mol. The summed E-state index contributed by atoms with van der Waals surface area (Å²) in [6.07, 6.45) is 7.59. The number of nitrogens with zero attached hydrogens (tertiary/aromatic N) is 5. The van der Waals surface area contributed by atoms with E-state index in [2.05, 4.69) is 53.7 Å². The minimum Gasteiger partial charge on any atom is -0.364 e. The van der Waals surface area contributed by atoms with Gasteiger partial charge in [0.2, 0.25) is 0 Å². The van der Waals surface area contributed by atoms with E-state index in [0.717, 1.165) is 49.8 Å². The number of benzene rings is 1. The maximum atomic E-state index is 9.27. The standard InChI is InChI=1S/C25H17ClN8/c26-18-6-16-3-14(1-2-22(16)29-12-18)4-19-7-21-23(13-28-19)33-34-25(21)31-10-15-5-20-17(8-27)11-32-24(20)30-9-15/h1-3,5-7,9,11-13H,4,10H2,(H,30,32)(H2,31,33,34). The zero-order valence-electron chi connectivity index (χ0n) is 17.8. The lowest BCUT2D eigenvalue weighted by Gasteiger charge is -2.06. The summed E-state index contributed by atoms with van der Waals surface area (Å²) in [7, 11) is 0. The second-order valence-corrected chi connectivity index (χ2v) is 8.49. The molecule has 0 bridgehead atoms. The molecule has 8 nitrogen and oxygen atoms in total. The van der Waals surface area contributed by atoms with E-state index in [-0.39, 0.29) is 0 Å². The molecule has 0 saturated heterocycles. The van der Waals surface area contributed by atoms with E-state index in [1.807, 2.05) is 24.3 Å². The number of nitriles is 1. The number of H-pyrrole nitrogens is 2. The van der Waals surface area contributed by atoms with Crippen molar-refractivity contribution in [2.45, 2.75) is 13.0 Å². The fourth-order valence-electron chi connectivity index (χ4n) is 4.09. The van der Waals surface area contributed by atoms with Gasteiger partial charge in [0.1, 0.15) is 11.7 Å². The first kappa shape index (κ1) is 20.1. The van der Waals surface area contributed by atoms with Gasteiger partial charge in [0.05, 0.1) is 27.8 Å². The molecule has 5 aromatic heterocycles. The molecule has 0 aliphatic rings. The number of pyridine rings is 3. The lowest BCUT2D eigenvalue weighted by Crippen LogP contribution is -2.01. The molecular formula is C25H17ClN8. The van der Waals surface area contributed by atoms with Gasteiger partial charge >= 0.3 is 0 Å². The van der Waals surface area contributed by atoms with E-state index in [1.165, 1.54) is 0 Å². The Morgan fingerprint density at radius 2 is 1.91 bits per heavy atom. The maximum absolute atomic E-state index is 9.27. The highest BCUT2D eigenvalue weighted by Gasteiger charge is 2.10. The highest BCUT2D eigenvalue weighted by molar-refractivity contribution is 6.31. The first-order chi connectivity index (χ1) is 16.7. The van der Waals surface area contributed by atoms with Crippen molar-refractivity contribution in [3.8, 4) is 6.07 Å². The van der Waals surface area contributed by atoms with E-state index in [1.54, 1.807) is 24.8 Å². The predicted molar refractivity (Wildman–Crippen MR) is 132 cm³/mol. The van der Waals surface area contributed by atoms with E-state index < -0.39 is 0 Å². The first-order valence-electron chi connectivity index (χ1n) is 10.6. The molecule has 0 aliphatic heterocycles. The summed E-state index contributed by atoms with van der Waals surface area (Å²) in [6, 6.07) is 14.3. The van der Waals surface area contributed by atoms with Crippen molar-refractivity contribution < 1.29 is 0 Å². The quantitative estimate of drug-likeness (QED) is 0.326. The summed E-state index contributed by atoms with van der Waals surface area (Å²) >= 11 is 6.10. The van der Waals surface area contributed by atoms with Crippen molar-refractivity contribution in [1.82, 2.24) is 30.1 Å². The van der Waals surface area contributed by atoms with Gasteiger partial charge in [-0.2, -0.15) is 10.4 Å². The number of hydrogen-bond donors (Lipinski definition) is 3. The average Bonchev–Trinajstić information content (AvgIpc) is 3.45. The van der Waals surface area contributed by atoms with Crippen LogP contribution in [0.1, 0.15) is 22.4 Å². The minimum absolute atomic E-state index is 0.523. The van der Waals surface area contributed by atoms with Crippen molar-refractivity contribution in [3.63, 3.8) is 0 Å². The second kappa shape index (κ2) is 8.14. The van der Waals surface area contributed by atoms with Crippen LogP contribution in [0.4, 0.5) is 5.82 Å². The SMILES string of the molecule is N#Cc1c[nH]c2ncc(CNc3n[nH]c4cnc(Cc5ccc6ncc(Cl)cc6c5)cc34)cc12. The van der Waals surface area contributed by atoms with Gasteiger partial charge in [0.25, 0.3) is 0 Å². The molecular weight excluding hydrogens is 448 g/mol. The highest BCUT2D eigenvalue weighted by Crippen LogP contribution is 2.24. The molecule has 164 valence electrons. The molecule has 0 amide bonds. The van der Waals surface area contributed by atoms with Crippen LogP contribution in [0, 0.1) is 11.3 Å². The Bertz CT molecular complexity index is 1730. The monoisotopic (exact) mass is 464 g/mol. The third-order valence-corrected chi connectivity index (χ3v) is 5.98. The summed E-state index contributed by atoms with van der Waals surface area (Å²) in [4.78, 5) is 16.4. The normalized spacial score (nSPS) is 11.3. The van der Waals surface area contributed by atoms with Crippen molar-refractivity contribution in [1.29, 1.82) is 5.26 Å². The van der Waals surface area contributed by atoms with Crippen LogP contribution >= 0.6 is 11.6 Å². The summed E-state index contributed by atoms with van der Waals surface area (Å²) in [6.45, 7) is 0.523. The van der Waals surface area contributed by atoms with Crippen LogP contribution in [0.25, 0.3) is 32.8 Å². The number of aromatic amines is 2. The zero-order valence-corrected chi connectivity index (χ0v) is 18.6. The van der Waals surface area contributed by atoms with Crippen LogP contribution in [-0.2, 0) is 13.0 Å². The smallest absolute Gasteiger partial charge is 0.156 e. The summed E-state index contributed by atoms with van der Waals surface area (Å²) in [5.41, 5.74) is 6.06. The molecule has 6 aromatic rings. The van der Waals surface area contributed by atoms with Gasteiger partial charge in [-0.1, -0.05) is 17.7 Å². The van der Waals surface area contributed by atoms with E-state index in [4.69, 9.17) is 11.6 Å². The van der Waals surface area contributed by atoms with Crippen molar-refractivity contribution in [2.75, 3.05) is 5.32 Å². The Morgan fingerprint density at radius 3 is 2.82 bits per heavy atom. The molecule has 0 saturated carbocycles. The molecule has 0 aliphatic carbocycles. The zero-order chi connectivity index (χ0) is 23.1. The fourth-order valence-corrected chi connectivity index (χ4v) is 4.25. The van der Waals surface area contributed by atoms with Crippen LogP contribution in [0.3, 0.4) is 0 Å². The fraction of sp³-hybridized carbons (Fsp3) is 0.0800. The number of aromatic nitrogens is 6. The second-order valence-electron chi connectivity index (χ2n) is 8.06. The van der Waals surface area contributed by atoms with E-state index in [9.17, 15) is 5.26 Å². The van der Waals surface area contributed by atoms with Gasteiger partial charge in [-0.3, -0.25) is 15.1 Å². The number of fused-ring (bicyclic) bond motifs is 3. The highest BCUT2D eigenvalue weighted by atomic mass is 35.5. The molecule has 0 radical (unpaired) electrons. The Hall–Kier alpha value is -4.48. The first-order valence-corrected chi connectivity index (χ1v) is 11.0. The molecule has 9 heteroatoms. The molecule has 6 rings (SSSR count). The number of nitrogens with one attached hydrogen (secondary N) is 3. The Morgan fingerprint density at radius 1 is 0.971 bits per heavy atom. The molecule has 3 N–H and O–H groups in total. The van der Waals surface area contributed by atoms with E-state index >= 15 is 0 Å². The van der Waals surface area contributed by atoms with Crippen LogP contribution in [0.2, 0.25) is 5.02 Å². The van der Waals surface area contributed by atoms with Crippen molar-refractivity contribution in [2.24, 2.45) is 0 Å². The molecule has 0 spiro atoms. The Kier molecular flexibility index (Phi) is 4.82. The summed E-state index contributed by atoms with van der Waals surface area (Å²) in [5.74, 6) is 0.739. The van der Waals surface area contributed by atoms with Crippen LogP contribution in [-0.4, -0.2) is 30.1 Å². The van der Waals surface area contributed by atoms with Crippen LogP contribution < -0.4 is 5.32 Å². The topological polar surface area (TPSA) is 119 Å². The third-order valence-electron chi connectivity index (χ3n) is 5.77. The number of hydrogen-bond acceptors (Lipinski definition) is 6. The lowest BCUT2D eigenvalue weighted by atomic mass is 10.1. The summed E-state index contributed by atoms with van der Waals surface area (Å²) < 4.78 is 0. The predicted octanol–water partition coefficient (Wildman–Crippen LogP) is 5.11. The molecule has 0 unspecified atom stereocenters.